The molecule has 0 saturated carbocycles. The van der Waals surface area contributed by atoms with Gasteiger partial charge >= 0.3 is 12.1 Å². The van der Waals surface area contributed by atoms with Crippen LogP contribution < -0.4 is 5.73 Å². The van der Waals surface area contributed by atoms with Crippen LogP contribution in [0.4, 0.5) is 19.0 Å². The first kappa shape index (κ1) is 15.3. The van der Waals surface area contributed by atoms with Crippen molar-refractivity contribution in [2.24, 2.45) is 0 Å². The number of carbonyl (C=O) groups is 1. The summed E-state index contributed by atoms with van der Waals surface area (Å²) in [6.45, 7) is -1.16. The van der Waals surface area contributed by atoms with Gasteiger partial charge in [0, 0.05) is 19.1 Å². The van der Waals surface area contributed by atoms with E-state index in [-0.39, 0.29) is 30.1 Å². The van der Waals surface area contributed by atoms with E-state index in [4.69, 9.17) is 10.5 Å². The number of hydrogen-bond acceptors (Lipinski definition) is 5. The Morgan fingerprint density at radius 2 is 2.05 bits per heavy atom. The summed E-state index contributed by atoms with van der Waals surface area (Å²) in [6, 6.07) is 0. The molecule has 0 aliphatic rings. The zero-order valence-corrected chi connectivity index (χ0v) is 10.5. The number of ether oxygens (including phenoxy) is 2. The molecular formula is C10H14F3N3O3. The Kier molecular flexibility index (Phi) is 4.76. The molecule has 19 heavy (non-hydrogen) atoms. The van der Waals surface area contributed by atoms with Crippen molar-refractivity contribution in [3.63, 3.8) is 0 Å². The molecule has 0 radical (unpaired) electrons. The zero-order chi connectivity index (χ0) is 14.6. The molecule has 0 atom stereocenters. The Balaban J connectivity index is 3.14. The highest BCUT2D eigenvalue weighted by Crippen LogP contribution is 2.24. The number of alkyl halides is 3. The number of halogens is 3. The fourth-order valence-electron chi connectivity index (χ4n) is 1.51. The standard InChI is InChI=1S/C10H14F3N3O3/c1-18-4-3-6-7(9(17)19-2)15-16(8(6)14)5-10(11,12)13/h3-5,14H2,1-2H3. The normalized spacial score (nSPS) is 11.6. The number of esters is 1. The van der Waals surface area contributed by atoms with E-state index in [2.05, 4.69) is 9.84 Å². The highest BCUT2D eigenvalue weighted by Gasteiger charge is 2.32. The SMILES string of the molecule is COCCc1c(C(=O)OC)nn(CC(F)(F)F)c1N. The minimum Gasteiger partial charge on any atom is -0.464 e. The summed E-state index contributed by atoms with van der Waals surface area (Å²) >= 11 is 0. The molecule has 0 bridgehead atoms. The Bertz CT molecular complexity index is 457. The van der Waals surface area contributed by atoms with E-state index in [1.165, 1.54) is 7.11 Å². The largest absolute Gasteiger partial charge is 0.464 e. The first-order chi connectivity index (χ1) is 8.80. The molecule has 0 unspecified atom stereocenters. The Morgan fingerprint density at radius 3 is 2.53 bits per heavy atom. The lowest BCUT2D eigenvalue weighted by Gasteiger charge is -2.08. The fourth-order valence-corrected chi connectivity index (χ4v) is 1.51. The third-order valence-electron chi connectivity index (χ3n) is 2.36. The number of rotatable bonds is 5. The van der Waals surface area contributed by atoms with Crippen LogP contribution in [0.3, 0.4) is 0 Å². The molecular weight excluding hydrogens is 267 g/mol. The van der Waals surface area contributed by atoms with Crippen molar-refractivity contribution < 1.29 is 27.4 Å². The van der Waals surface area contributed by atoms with Crippen molar-refractivity contribution in [3.05, 3.63) is 11.3 Å². The van der Waals surface area contributed by atoms with E-state index in [1.54, 1.807) is 0 Å². The highest BCUT2D eigenvalue weighted by molar-refractivity contribution is 5.90. The van der Waals surface area contributed by atoms with E-state index in [9.17, 15) is 18.0 Å². The van der Waals surface area contributed by atoms with E-state index in [0.29, 0.717) is 4.68 Å². The first-order valence-electron chi connectivity index (χ1n) is 5.29. The van der Waals surface area contributed by atoms with Crippen molar-refractivity contribution >= 4 is 11.8 Å². The maximum absolute atomic E-state index is 12.3. The zero-order valence-electron chi connectivity index (χ0n) is 10.5. The third-order valence-corrected chi connectivity index (χ3v) is 2.36. The third kappa shape index (κ3) is 3.85. The highest BCUT2D eigenvalue weighted by atomic mass is 19.4. The number of methoxy groups -OCH3 is 2. The monoisotopic (exact) mass is 281 g/mol. The lowest BCUT2D eigenvalue weighted by Crippen LogP contribution is -2.20. The summed E-state index contributed by atoms with van der Waals surface area (Å²) in [4.78, 5) is 11.5. The van der Waals surface area contributed by atoms with Crippen molar-refractivity contribution in [3.8, 4) is 0 Å². The van der Waals surface area contributed by atoms with Crippen molar-refractivity contribution in [1.82, 2.24) is 9.78 Å². The van der Waals surface area contributed by atoms with Crippen molar-refractivity contribution in [2.75, 3.05) is 26.6 Å². The summed E-state index contributed by atoms with van der Waals surface area (Å²) in [6.07, 6.45) is -4.31. The Labute approximate surface area is 107 Å². The van der Waals surface area contributed by atoms with Crippen molar-refractivity contribution in [1.29, 1.82) is 0 Å². The van der Waals surface area contributed by atoms with Crippen LogP contribution in [0.5, 0.6) is 0 Å². The second kappa shape index (κ2) is 5.91. The van der Waals surface area contributed by atoms with Gasteiger partial charge in [0.05, 0.1) is 13.7 Å². The van der Waals surface area contributed by atoms with Crippen LogP contribution in [0.2, 0.25) is 0 Å². The quantitative estimate of drug-likeness (QED) is 0.815. The fraction of sp³-hybridized carbons (Fsp3) is 0.600. The maximum atomic E-state index is 12.3. The van der Waals surface area contributed by atoms with Crippen LogP contribution in [-0.4, -0.2) is 42.8 Å². The minimum atomic E-state index is -4.48. The lowest BCUT2D eigenvalue weighted by atomic mass is 10.1. The van der Waals surface area contributed by atoms with Gasteiger partial charge in [-0.15, -0.1) is 0 Å². The molecule has 2 N–H and O–H groups in total. The predicted octanol–water partition coefficient (Wildman–Crippen LogP) is 1.00. The molecule has 0 aliphatic carbocycles. The van der Waals surface area contributed by atoms with Gasteiger partial charge in [-0.2, -0.15) is 18.3 Å². The summed E-state index contributed by atoms with van der Waals surface area (Å²) in [5.74, 6) is -1.05. The van der Waals surface area contributed by atoms with Crippen LogP contribution in [0.15, 0.2) is 0 Å². The number of hydrogen-bond donors (Lipinski definition) is 1. The average molecular weight is 281 g/mol. The summed E-state index contributed by atoms with van der Waals surface area (Å²) in [7, 11) is 2.54. The topological polar surface area (TPSA) is 79.4 Å². The van der Waals surface area contributed by atoms with E-state index in [1.807, 2.05) is 0 Å². The number of nitrogens with two attached hydrogens (primary N) is 1. The van der Waals surface area contributed by atoms with Crippen molar-refractivity contribution in [2.45, 2.75) is 19.1 Å². The summed E-state index contributed by atoms with van der Waals surface area (Å²) < 4.78 is 46.8. The molecule has 1 aromatic rings. The van der Waals surface area contributed by atoms with Gasteiger partial charge in [0.15, 0.2) is 5.69 Å². The van der Waals surface area contributed by atoms with Crippen LogP contribution in [0.1, 0.15) is 16.1 Å². The van der Waals surface area contributed by atoms with Gasteiger partial charge < -0.3 is 15.2 Å². The van der Waals surface area contributed by atoms with Gasteiger partial charge in [0.2, 0.25) is 0 Å². The van der Waals surface area contributed by atoms with Crippen LogP contribution in [-0.2, 0) is 22.4 Å². The summed E-state index contributed by atoms with van der Waals surface area (Å²) in [5, 5.41) is 3.56. The van der Waals surface area contributed by atoms with Gasteiger partial charge in [0.25, 0.3) is 0 Å². The molecule has 9 heteroatoms. The number of aromatic nitrogens is 2. The second-order valence-corrected chi connectivity index (χ2v) is 3.72. The lowest BCUT2D eigenvalue weighted by molar-refractivity contribution is -0.142. The van der Waals surface area contributed by atoms with Gasteiger partial charge in [-0.05, 0) is 0 Å². The first-order valence-corrected chi connectivity index (χ1v) is 5.29. The predicted molar refractivity (Wildman–Crippen MR) is 59.6 cm³/mol. The molecule has 0 amide bonds. The molecule has 6 nitrogen and oxygen atoms in total. The average Bonchev–Trinajstić information content (AvgIpc) is 2.61. The van der Waals surface area contributed by atoms with Gasteiger partial charge in [-0.3, -0.25) is 0 Å². The Morgan fingerprint density at radius 1 is 1.42 bits per heavy atom. The summed E-state index contributed by atoms with van der Waals surface area (Å²) in [5.41, 5.74) is 5.55. The molecule has 1 heterocycles. The minimum absolute atomic E-state index is 0.171. The second-order valence-electron chi connectivity index (χ2n) is 3.72. The number of nitrogens with zero attached hydrogens (tertiary/aromatic N) is 2. The van der Waals surface area contributed by atoms with E-state index < -0.39 is 18.7 Å². The molecule has 0 spiro atoms. The van der Waals surface area contributed by atoms with Crippen LogP contribution >= 0.6 is 0 Å². The van der Waals surface area contributed by atoms with Gasteiger partial charge in [-0.1, -0.05) is 0 Å². The van der Waals surface area contributed by atoms with Gasteiger partial charge in [0.1, 0.15) is 12.4 Å². The van der Waals surface area contributed by atoms with E-state index >= 15 is 0 Å². The maximum Gasteiger partial charge on any atom is 0.408 e. The molecule has 0 fully saturated rings. The molecule has 1 aromatic heterocycles. The smallest absolute Gasteiger partial charge is 0.408 e. The number of anilines is 1. The molecule has 108 valence electrons. The van der Waals surface area contributed by atoms with Crippen LogP contribution in [0.25, 0.3) is 0 Å². The molecule has 0 aromatic carbocycles. The number of carbonyl (C=O) groups excluding carboxylic acids is 1. The molecule has 0 saturated heterocycles. The van der Waals surface area contributed by atoms with Gasteiger partial charge in [-0.25, -0.2) is 9.48 Å². The number of nitrogen functional groups attached to an aromatic ring is 1. The molecule has 1 rings (SSSR count). The Hall–Kier alpha value is -1.77. The van der Waals surface area contributed by atoms with Crippen LogP contribution in [0, 0.1) is 0 Å². The van der Waals surface area contributed by atoms with E-state index in [0.717, 1.165) is 7.11 Å². The molecule has 0 aliphatic heterocycles.